The van der Waals surface area contributed by atoms with Gasteiger partial charge in [-0.25, -0.2) is 4.79 Å². The minimum absolute atomic E-state index is 0.241. The Morgan fingerprint density at radius 1 is 0.710 bits per heavy atom. The van der Waals surface area contributed by atoms with Crippen molar-refractivity contribution >= 4 is 17.4 Å². The molecule has 4 aromatic rings. The van der Waals surface area contributed by atoms with E-state index in [1.54, 1.807) is 12.4 Å². The molecule has 0 radical (unpaired) electrons. The number of nitrogens with one attached hydrogen (secondary N) is 3. The molecule has 1 aromatic heterocycles. The summed E-state index contributed by atoms with van der Waals surface area (Å²) in [5, 5.41) is 9.15. The Hall–Kier alpha value is -4.12. The number of hydrogen-bond acceptors (Lipinski definition) is 3. The van der Waals surface area contributed by atoms with Crippen molar-refractivity contribution in [2.75, 3.05) is 10.6 Å². The Morgan fingerprint density at radius 2 is 1.39 bits per heavy atom. The SMILES string of the molecule is O=C(NCc1ccncc1)Nc1ccc(NCc2ccccc2-c2ccccc2)cc1. The second kappa shape index (κ2) is 10.1. The van der Waals surface area contributed by atoms with E-state index in [2.05, 4.69) is 69.5 Å². The van der Waals surface area contributed by atoms with E-state index in [1.165, 1.54) is 16.7 Å². The van der Waals surface area contributed by atoms with Gasteiger partial charge in [-0.1, -0.05) is 54.6 Å². The fourth-order valence-corrected chi connectivity index (χ4v) is 3.30. The molecule has 4 rings (SSSR count). The minimum Gasteiger partial charge on any atom is -0.381 e. The van der Waals surface area contributed by atoms with Gasteiger partial charge in [0.15, 0.2) is 0 Å². The first-order valence-corrected chi connectivity index (χ1v) is 10.2. The van der Waals surface area contributed by atoms with Crippen LogP contribution in [0.2, 0.25) is 0 Å². The normalized spacial score (nSPS) is 10.3. The molecule has 0 saturated heterocycles. The molecule has 0 bridgehead atoms. The van der Waals surface area contributed by atoms with Gasteiger partial charge in [-0.2, -0.15) is 0 Å². The number of amides is 2. The summed E-state index contributed by atoms with van der Waals surface area (Å²) in [6.07, 6.45) is 3.41. The number of urea groups is 1. The van der Waals surface area contributed by atoms with Crippen molar-refractivity contribution in [3.8, 4) is 11.1 Å². The maximum atomic E-state index is 12.1. The third-order valence-electron chi connectivity index (χ3n) is 4.93. The van der Waals surface area contributed by atoms with E-state index in [1.807, 2.05) is 42.5 Å². The third kappa shape index (κ3) is 5.70. The van der Waals surface area contributed by atoms with Crippen LogP contribution in [0.4, 0.5) is 16.2 Å². The van der Waals surface area contributed by atoms with Crippen molar-refractivity contribution in [3.63, 3.8) is 0 Å². The number of benzene rings is 3. The Balaban J connectivity index is 1.32. The largest absolute Gasteiger partial charge is 0.381 e. The Kier molecular flexibility index (Phi) is 6.55. The van der Waals surface area contributed by atoms with E-state index < -0.39 is 0 Å². The highest BCUT2D eigenvalue weighted by atomic mass is 16.2. The topological polar surface area (TPSA) is 66.0 Å². The zero-order valence-corrected chi connectivity index (χ0v) is 17.1. The quantitative estimate of drug-likeness (QED) is 0.368. The Morgan fingerprint density at radius 3 is 2.16 bits per heavy atom. The second-order valence-electron chi connectivity index (χ2n) is 7.12. The van der Waals surface area contributed by atoms with Crippen LogP contribution in [0.3, 0.4) is 0 Å². The molecule has 5 nitrogen and oxygen atoms in total. The monoisotopic (exact) mass is 408 g/mol. The maximum absolute atomic E-state index is 12.1. The van der Waals surface area contributed by atoms with Crippen molar-refractivity contribution in [3.05, 3.63) is 115 Å². The van der Waals surface area contributed by atoms with Crippen molar-refractivity contribution in [2.45, 2.75) is 13.1 Å². The van der Waals surface area contributed by atoms with Crippen molar-refractivity contribution in [1.82, 2.24) is 10.3 Å². The van der Waals surface area contributed by atoms with Crippen LogP contribution < -0.4 is 16.0 Å². The highest BCUT2D eigenvalue weighted by molar-refractivity contribution is 5.89. The first-order chi connectivity index (χ1) is 15.3. The lowest BCUT2D eigenvalue weighted by Crippen LogP contribution is -2.28. The molecule has 5 heteroatoms. The Labute approximate surface area is 182 Å². The molecule has 0 unspecified atom stereocenters. The maximum Gasteiger partial charge on any atom is 0.319 e. The summed E-state index contributed by atoms with van der Waals surface area (Å²) in [6, 6.07) is 30.0. The smallest absolute Gasteiger partial charge is 0.319 e. The lowest BCUT2D eigenvalue weighted by atomic mass is 10.00. The summed E-state index contributed by atoms with van der Waals surface area (Å²) in [7, 11) is 0. The fraction of sp³-hybridized carbons (Fsp3) is 0.0769. The average molecular weight is 409 g/mol. The molecule has 31 heavy (non-hydrogen) atoms. The average Bonchev–Trinajstić information content (AvgIpc) is 2.84. The van der Waals surface area contributed by atoms with Gasteiger partial charge in [0.2, 0.25) is 0 Å². The molecule has 3 N–H and O–H groups in total. The van der Waals surface area contributed by atoms with E-state index >= 15 is 0 Å². The van der Waals surface area contributed by atoms with Gasteiger partial charge in [-0.05, 0) is 58.7 Å². The number of aromatic nitrogens is 1. The van der Waals surface area contributed by atoms with E-state index in [4.69, 9.17) is 0 Å². The summed E-state index contributed by atoms with van der Waals surface area (Å²) < 4.78 is 0. The van der Waals surface area contributed by atoms with Gasteiger partial charge in [-0.15, -0.1) is 0 Å². The van der Waals surface area contributed by atoms with E-state index in [0.29, 0.717) is 13.1 Å². The van der Waals surface area contributed by atoms with Crippen molar-refractivity contribution in [2.24, 2.45) is 0 Å². The predicted molar refractivity (Wildman–Crippen MR) is 126 cm³/mol. The molecule has 0 spiro atoms. The van der Waals surface area contributed by atoms with Crippen LogP contribution in [0.15, 0.2) is 103 Å². The van der Waals surface area contributed by atoms with Gasteiger partial charge < -0.3 is 16.0 Å². The van der Waals surface area contributed by atoms with Gasteiger partial charge in [-0.3, -0.25) is 4.98 Å². The molecule has 0 aliphatic rings. The third-order valence-corrected chi connectivity index (χ3v) is 4.93. The van der Waals surface area contributed by atoms with Gasteiger partial charge in [0.1, 0.15) is 0 Å². The van der Waals surface area contributed by atoms with Crippen LogP contribution in [0.1, 0.15) is 11.1 Å². The first-order valence-electron chi connectivity index (χ1n) is 10.2. The summed E-state index contributed by atoms with van der Waals surface area (Å²) in [5.41, 5.74) is 6.39. The number of carbonyl (C=O) groups excluding carboxylic acids is 1. The zero-order valence-electron chi connectivity index (χ0n) is 17.1. The van der Waals surface area contributed by atoms with E-state index in [-0.39, 0.29) is 6.03 Å². The fourth-order valence-electron chi connectivity index (χ4n) is 3.30. The minimum atomic E-state index is -0.241. The molecular weight excluding hydrogens is 384 g/mol. The summed E-state index contributed by atoms with van der Waals surface area (Å²) in [4.78, 5) is 16.1. The molecule has 2 amide bonds. The molecule has 1 heterocycles. The number of anilines is 2. The summed E-state index contributed by atoms with van der Waals surface area (Å²) in [5.74, 6) is 0. The van der Waals surface area contributed by atoms with Crippen LogP contribution in [-0.2, 0) is 13.1 Å². The molecule has 0 atom stereocenters. The highest BCUT2D eigenvalue weighted by Gasteiger charge is 2.05. The highest BCUT2D eigenvalue weighted by Crippen LogP contribution is 2.24. The van der Waals surface area contributed by atoms with Gasteiger partial charge in [0.05, 0.1) is 0 Å². The molecule has 0 fully saturated rings. The van der Waals surface area contributed by atoms with Crippen LogP contribution in [0.5, 0.6) is 0 Å². The lowest BCUT2D eigenvalue weighted by Gasteiger charge is -2.13. The number of carbonyl (C=O) groups is 1. The van der Waals surface area contributed by atoms with Crippen LogP contribution >= 0.6 is 0 Å². The molecule has 0 aliphatic carbocycles. The van der Waals surface area contributed by atoms with Crippen LogP contribution in [0, 0.1) is 0 Å². The Bertz CT molecular complexity index is 1110. The first kappa shape index (κ1) is 20.2. The summed E-state index contributed by atoms with van der Waals surface area (Å²) in [6.45, 7) is 1.17. The summed E-state index contributed by atoms with van der Waals surface area (Å²) >= 11 is 0. The standard InChI is InChI=1S/C26H24N4O/c31-26(29-18-20-14-16-27-17-15-20)30-24-12-10-23(11-13-24)28-19-22-8-4-5-9-25(22)21-6-2-1-3-7-21/h1-17,28H,18-19H2,(H2,29,30,31). The molecule has 154 valence electrons. The molecular formula is C26H24N4O. The lowest BCUT2D eigenvalue weighted by molar-refractivity contribution is 0.251. The van der Waals surface area contributed by atoms with Gasteiger partial charge >= 0.3 is 6.03 Å². The van der Waals surface area contributed by atoms with E-state index in [0.717, 1.165) is 16.9 Å². The molecule has 0 saturated carbocycles. The number of pyridine rings is 1. The van der Waals surface area contributed by atoms with Crippen LogP contribution in [-0.4, -0.2) is 11.0 Å². The van der Waals surface area contributed by atoms with Crippen molar-refractivity contribution in [1.29, 1.82) is 0 Å². The molecule has 3 aromatic carbocycles. The predicted octanol–water partition coefficient (Wildman–Crippen LogP) is 5.68. The number of rotatable bonds is 7. The second-order valence-corrected chi connectivity index (χ2v) is 7.12. The van der Waals surface area contributed by atoms with Crippen molar-refractivity contribution < 1.29 is 4.79 Å². The number of nitrogens with zero attached hydrogens (tertiary/aromatic N) is 1. The van der Waals surface area contributed by atoms with Gasteiger partial charge in [0.25, 0.3) is 0 Å². The van der Waals surface area contributed by atoms with Crippen LogP contribution in [0.25, 0.3) is 11.1 Å². The van der Waals surface area contributed by atoms with Gasteiger partial charge in [0, 0.05) is 36.9 Å². The van der Waals surface area contributed by atoms with E-state index in [9.17, 15) is 4.79 Å². The molecule has 0 aliphatic heterocycles. The number of hydrogen-bond donors (Lipinski definition) is 3. The zero-order chi connectivity index (χ0) is 21.3.